The minimum absolute atomic E-state index is 0.132. The van der Waals surface area contributed by atoms with E-state index in [9.17, 15) is 5.26 Å². The number of anilines is 1. The lowest BCUT2D eigenvalue weighted by atomic mass is 9.82. The predicted octanol–water partition coefficient (Wildman–Crippen LogP) is 5.12. The Labute approximate surface area is 148 Å². The fourth-order valence-electron chi connectivity index (χ4n) is 4.16. The van der Waals surface area contributed by atoms with Crippen LogP contribution >= 0.6 is 12.2 Å². The lowest BCUT2D eigenvalue weighted by Crippen LogP contribution is -2.36. The van der Waals surface area contributed by atoms with Gasteiger partial charge in [0.25, 0.3) is 0 Å². The Balaban J connectivity index is 1.96. The Hall–Kier alpha value is -2.18. The third kappa shape index (κ3) is 2.34. The van der Waals surface area contributed by atoms with E-state index in [0.29, 0.717) is 11.6 Å². The smallest absolute Gasteiger partial charge is 0.0991 e. The Morgan fingerprint density at radius 3 is 2.79 bits per heavy atom. The van der Waals surface area contributed by atoms with Crippen molar-refractivity contribution < 1.29 is 0 Å². The quantitative estimate of drug-likeness (QED) is 0.626. The van der Waals surface area contributed by atoms with Crippen LogP contribution in [0.4, 0.5) is 5.69 Å². The van der Waals surface area contributed by atoms with Crippen molar-refractivity contribution in [1.29, 1.82) is 5.26 Å². The van der Waals surface area contributed by atoms with E-state index in [-0.39, 0.29) is 5.92 Å². The predicted molar refractivity (Wildman–Crippen MR) is 102 cm³/mol. The molecule has 0 unspecified atom stereocenters. The maximum atomic E-state index is 9.31. The molecule has 0 spiro atoms. The molecule has 4 rings (SSSR count). The molecule has 2 atom stereocenters. The number of nitriles is 1. The first-order valence-electron chi connectivity index (χ1n) is 8.64. The van der Waals surface area contributed by atoms with Gasteiger partial charge in [0.2, 0.25) is 0 Å². The lowest BCUT2D eigenvalue weighted by Gasteiger charge is -2.42. The summed E-state index contributed by atoms with van der Waals surface area (Å²) in [6.07, 6.45) is 3.63. The molecule has 120 valence electrons. The molecule has 0 amide bonds. The monoisotopic (exact) mass is 332 g/mol. The Bertz CT molecular complexity index is 849. The zero-order valence-electron chi connectivity index (χ0n) is 13.8. The number of fused-ring (bicyclic) bond motifs is 5. The van der Waals surface area contributed by atoms with Crippen LogP contribution in [-0.4, -0.2) is 11.4 Å². The fraction of sp³-hybridized carbons (Fsp3) is 0.333. The number of piperidine rings is 1. The molecule has 0 N–H and O–H groups in total. The van der Waals surface area contributed by atoms with Gasteiger partial charge in [0.05, 0.1) is 17.7 Å². The minimum Gasteiger partial charge on any atom is -0.364 e. The highest BCUT2D eigenvalue weighted by Crippen LogP contribution is 2.43. The van der Waals surface area contributed by atoms with E-state index in [4.69, 9.17) is 12.2 Å². The molecule has 0 saturated carbocycles. The molecule has 24 heavy (non-hydrogen) atoms. The van der Waals surface area contributed by atoms with Crippen LogP contribution in [0.15, 0.2) is 42.5 Å². The van der Waals surface area contributed by atoms with Crippen molar-refractivity contribution >= 4 is 22.8 Å². The van der Waals surface area contributed by atoms with Crippen LogP contribution in [0.2, 0.25) is 0 Å². The van der Waals surface area contributed by atoms with Gasteiger partial charge in [-0.05, 0) is 54.2 Å². The van der Waals surface area contributed by atoms with Gasteiger partial charge < -0.3 is 4.90 Å². The van der Waals surface area contributed by atoms with Crippen molar-refractivity contribution in [2.45, 2.75) is 38.1 Å². The maximum absolute atomic E-state index is 9.31. The van der Waals surface area contributed by atoms with Gasteiger partial charge in [-0.15, -0.1) is 0 Å². The molecular formula is C21H20N2S. The molecule has 2 aliphatic heterocycles. The van der Waals surface area contributed by atoms with Gasteiger partial charge >= 0.3 is 0 Å². The van der Waals surface area contributed by atoms with Gasteiger partial charge in [-0.1, -0.05) is 43.4 Å². The second-order valence-corrected chi connectivity index (χ2v) is 7.20. The van der Waals surface area contributed by atoms with E-state index >= 15 is 0 Å². The number of hydrogen-bond acceptors (Lipinski definition) is 3. The molecule has 2 nitrogen and oxygen atoms in total. The molecule has 2 aromatic carbocycles. The molecule has 0 radical (unpaired) electrons. The molecular weight excluding hydrogens is 312 g/mol. The highest BCUT2D eigenvalue weighted by molar-refractivity contribution is 7.81. The summed E-state index contributed by atoms with van der Waals surface area (Å²) in [5, 5.41) is 9.31. The molecule has 2 aromatic rings. The highest BCUT2D eigenvalue weighted by atomic mass is 32.1. The molecule has 3 heteroatoms. The molecule has 0 bridgehead atoms. The first-order valence-corrected chi connectivity index (χ1v) is 9.05. The first-order chi connectivity index (χ1) is 11.7. The van der Waals surface area contributed by atoms with Crippen molar-refractivity contribution in [3.8, 4) is 6.07 Å². The molecule has 0 aromatic heterocycles. The average Bonchev–Trinajstić information content (AvgIpc) is 2.65. The number of rotatable bonds is 0. The van der Waals surface area contributed by atoms with E-state index < -0.39 is 0 Å². The third-order valence-corrected chi connectivity index (χ3v) is 5.99. The highest BCUT2D eigenvalue weighted by Gasteiger charge is 2.33. The summed E-state index contributed by atoms with van der Waals surface area (Å²) in [6.45, 7) is 3.24. The van der Waals surface area contributed by atoms with Gasteiger partial charge in [-0.3, -0.25) is 0 Å². The van der Waals surface area contributed by atoms with Gasteiger partial charge in [0.15, 0.2) is 0 Å². The number of thiocarbonyl (C=S) groups is 1. The molecule has 2 aliphatic rings. The van der Waals surface area contributed by atoms with Crippen molar-refractivity contribution in [2.24, 2.45) is 0 Å². The Morgan fingerprint density at radius 2 is 1.96 bits per heavy atom. The maximum Gasteiger partial charge on any atom is 0.0991 e. The van der Waals surface area contributed by atoms with Crippen LogP contribution in [0.1, 0.15) is 60.4 Å². The van der Waals surface area contributed by atoms with Crippen LogP contribution < -0.4 is 4.90 Å². The van der Waals surface area contributed by atoms with E-state index in [1.54, 1.807) is 0 Å². The summed E-state index contributed by atoms with van der Waals surface area (Å²) in [5.41, 5.74) is 5.74. The van der Waals surface area contributed by atoms with Crippen molar-refractivity contribution in [3.05, 3.63) is 64.7 Å². The molecule has 1 saturated heterocycles. The van der Waals surface area contributed by atoms with Crippen LogP contribution in [0.5, 0.6) is 0 Å². The summed E-state index contributed by atoms with van der Waals surface area (Å²) >= 11 is 5.88. The van der Waals surface area contributed by atoms with Crippen LogP contribution in [0, 0.1) is 11.3 Å². The zero-order valence-corrected chi connectivity index (χ0v) is 14.6. The summed E-state index contributed by atoms with van der Waals surface area (Å²) in [7, 11) is 0. The summed E-state index contributed by atoms with van der Waals surface area (Å²) < 4.78 is 0. The Kier molecular flexibility index (Phi) is 3.86. The van der Waals surface area contributed by atoms with E-state index in [0.717, 1.165) is 17.8 Å². The SMILES string of the molecule is C[C@H]1C(=S)c2ccccc2[C@@H]2CCCCN2c2ccc(C#N)cc21. The third-order valence-electron chi connectivity index (χ3n) is 5.41. The van der Waals surface area contributed by atoms with E-state index in [2.05, 4.69) is 48.2 Å². The summed E-state index contributed by atoms with van der Waals surface area (Å²) in [6, 6.07) is 17.4. The van der Waals surface area contributed by atoms with Crippen LogP contribution in [-0.2, 0) is 0 Å². The van der Waals surface area contributed by atoms with Crippen molar-refractivity contribution in [1.82, 2.24) is 0 Å². The van der Waals surface area contributed by atoms with E-state index in [1.165, 1.54) is 35.2 Å². The normalized spacial score (nSPS) is 22.5. The van der Waals surface area contributed by atoms with Crippen LogP contribution in [0.25, 0.3) is 0 Å². The summed E-state index contributed by atoms with van der Waals surface area (Å²) in [5.74, 6) is 0.132. The first kappa shape index (κ1) is 15.4. The van der Waals surface area contributed by atoms with Gasteiger partial charge in [0, 0.05) is 23.0 Å². The standard InChI is InChI=1S/C21H20N2S/c1-14-18-12-15(13-22)9-10-20(18)23-11-5-4-8-19(23)16-6-2-3-7-17(16)21(14)24/h2-3,6-7,9-10,12,14,19H,4-5,8,11H2,1H3/t14-,19+/m1/s1. The molecule has 2 heterocycles. The number of hydrogen-bond donors (Lipinski definition) is 0. The second-order valence-electron chi connectivity index (χ2n) is 6.76. The molecule has 1 fully saturated rings. The Morgan fingerprint density at radius 1 is 1.12 bits per heavy atom. The lowest BCUT2D eigenvalue weighted by molar-refractivity contribution is 0.470. The minimum atomic E-state index is 0.132. The van der Waals surface area contributed by atoms with Gasteiger partial charge in [0.1, 0.15) is 0 Å². The number of nitrogens with zero attached hydrogens (tertiary/aromatic N) is 2. The van der Waals surface area contributed by atoms with E-state index in [1.807, 2.05) is 12.1 Å². The molecule has 0 aliphatic carbocycles. The van der Waals surface area contributed by atoms with Gasteiger partial charge in [-0.2, -0.15) is 5.26 Å². The average molecular weight is 332 g/mol. The zero-order chi connectivity index (χ0) is 16.7. The fourth-order valence-corrected chi connectivity index (χ4v) is 4.48. The van der Waals surface area contributed by atoms with Crippen LogP contribution in [0.3, 0.4) is 0 Å². The summed E-state index contributed by atoms with van der Waals surface area (Å²) in [4.78, 5) is 3.53. The van der Waals surface area contributed by atoms with Crippen molar-refractivity contribution in [2.75, 3.05) is 11.4 Å². The van der Waals surface area contributed by atoms with Crippen molar-refractivity contribution in [3.63, 3.8) is 0 Å². The van der Waals surface area contributed by atoms with Gasteiger partial charge in [-0.25, -0.2) is 0 Å². The number of benzene rings is 2. The largest absolute Gasteiger partial charge is 0.364 e. The second kappa shape index (κ2) is 6.03. The topological polar surface area (TPSA) is 27.0 Å².